The van der Waals surface area contributed by atoms with Crippen LogP contribution >= 0.6 is 11.9 Å². The Morgan fingerprint density at radius 3 is 2.77 bits per heavy atom. The molecule has 4 rings (SSSR count). The molecule has 0 atom stereocenters. The predicted octanol–water partition coefficient (Wildman–Crippen LogP) is 4.65. The average molecular weight is 358 g/mol. The van der Waals surface area contributed by atoms with Gasteiger partial charge in [0.25, 0.3) is 5.91 Å². The second-order valence-electron chi connectivity index (χ2n) is 5.72. The zero-order valence-corrected chi connectivity index (χ0v) is 14.5. The van der Waals surface area contributed by atoms with E-state index in [1.54, 1.807) is 48.5 Å². The summed E-state index contributed by atoms with van der Waals surface area (Å²) in [6.45, 7) is 0. The number of nitrogens with one attached hydrogen (secondary N) is 2. The summed E-state index contributed by atoms with van der Waals surface area (Å²) in [5.41, 5.74) is 2.89. The number of hydrogen-bond acceptors (Lipinski definition) is 3. The number of amides is 1. The van der Waals surface area contributed by atoms with Crippen molar-refractivity contribution in [3.05, 3.63) is 84.3 Å². The lowest BCUT2D eigenvalue weighted by atomic mass is 10.2. The van der Waals surface area contributed by atoms with E-state index in [9.17, 15) is 4.79 Å². The van der Waals surface area contributed by atoms with Gasteiger partial charge >= 0.3 is 0 Å². The monoisotopic (exact) mass is 358 g/mol. The summed E-state index contributed by atoms with van der Waals surface area (Å²) < 4.78 is 1.90. The molecule has 6 heteroatoms. The molecule has 2 aromatic heterocycles. The minimum absolute atomic E-state index is 0.185. The number of carbonyl (C=O) groups is 1. The molecule has 0 spiro atoms. The molecule has 0 saturated carbocycles. The zero-order valence-electron chi connectivity index (χ0n) is 13.6. The zero-order chi connectivity index (χ0) is 17.9. The van der Waals surface area contributed by atoms with E-state index in [0.717, 1.165) is 15.8 Å². The van der Waals surface area contributed by atoms with Crippen LogP contribution in [0, 0.1) is 11.3 Å². The van der Waals surface area contributed by atoms with Crippen molar-refractivity contribution in [1.82, 2.24) is 8.96 Å². The number of fused-ring (bicyclic) bond motifs is 1. The SMILES string of the molecule is N#Cc1ccc(NC(=O)c2ccn(Sc3ccc4[nH]ccc4c3)c2)cc1. The number of hydrogen-bond donors (Lipinski definition) is 2. The number of aromatic amines is 1. The van der Waals surface area contributed by atoms with Gasteiger partial charge in [-0.3, -0.25) is 8.77 Å². The number of rotatable bonds is 4. The van der Waals surface area contributed by atoms with Crippen LogP contribution in [-0.2, 0) is 0 Å². The molecule has 0 radical (unpaired) electrons. The van der Waals surface area contributed by atoms with Gasteiger partial charge < -0.3 is 10.3 Å². The maximum atomic E-state index is 12.4. The van der Waals surface area contributed by atoms with Crippen LogP contribution in [0.4, 0.5) is 5.69 Å². The second-order valence-corrected chi connectivity index (χ2v) is 6.80. The quantitative estimate of drug-likeness (QED) is 0.558. The largest absolute Gasteiger partial charge is 0.361 e. The van der Waals surface area contributed by atoms with Gasteiger partial charge in [-0.05, 0) is 66.5 Å². The molecule has 2 aromatic carbocycles. The third-order valence-corrected chi connectivity index (χ3v) is 4.84. The number of anilines is 1. The van der Waals surface area contributed by atoms with Crippen LogP contribution in [0.2, 0.25) is 0 Å². The molecule has 0 aliphatic heterocycles. The van der Waals surface area contributed by atoms with Gasteiger partial charge in [0.05, 0.1) is 17.2 Å². The molecule has 0 aliphatic rings. The Morgan fingerprint density at radius 2 is 1.96 bits per heavy atom. The number of H-pyrrole nitrogens is 1. The molecule has 2 N–H and O–H groups in total. The van der Waals surface area contributed by atoms with Crippen LogP contribution < -0.4 is 5.32 Å². The van der Waals surface area contributed by atoms with Crippen molar-refractivity contribution in [1.29, 1.82) is 5.26 Å². The Morgan fingerprint density at radius 1 is 1.12 bits per heavy atom. The molecule has 4 aromatic rings. The molecule has 2 heterocycles. The first-order chi connectivity index (χ1) is 12.7. The summed E-state index contributed by atoms with van der Waals surface area (Å²) in [6, 6.07) is 18.8. The van der Waals surface area contributed by atoms with E-state index in [4.69, 9.17) is 5.26 Å². The van der Waals surface area contributed by atoms with Gasteiger partial charge in [-0.25, -0.2) is 0 Å². The third kappa shape index (κ3) is 3.34. The normalized spacial score (nSPS) is 10.6. The molecule has 0 saturated heterocycles. The van der Waals surface area contributed by atoms with Crippen molar-refractivity contribution >= 4 is 34.4 Å². The van der Waals surface area contributed by atoms with Gasteiger partial charge in [0, 0.05) is 40.1 Å². The van der Waals surface area contributed by atoms with Crippen molar-refractivity contribution in [2.24, 2.45) is 0 Å². The van der Waals surface area contributed by atoms with Crippen molar-refractivity contribution in [2.45, 2.75) is 4.90 Å². The first-order valence-electron chi connectivity index (χ1n) is 7.96. The number of aromatic nitrogens is 2. The van der Waals surface area contributed by atoms with E-state index in [0.29, 0.717) is 16.8 Å². The van der Waals surface area contributed by atoms with Gasteiger partial charge in [-0.2, -0.15) is 5.26 Å². The summed E-state index contributed by atoms with van der Waals surface area (Å²) in [5, 5.41) is 12.8. The summed E-state index contributed by atoms with van der Waals surface area (Å²) in [5.74, 6) is -0.185. The summed E-state index contributed by atoms with van der Waals surface area (Å²) in [7, 11) is 0. The Bertz CT molecular complexity index is 1120. The molecule has 5 nitrogen and oxygen atoms in total. The van der Waals surface area contributed by atoms with Crippen molar-refractivity contribution in [3.8, 4) is 6.07 Å². The lowest BCUT2D eigenvalue weighted by Crippen LogP contribution is -2.10. The van der Waals surface area contributed by atoms with Crippen LogP contribution in [-0.4, -0.2) is 14.9 Å². The van der Waals surface area contributed by atoms with E-state index < -0.39 is 0 Å². The number of carbonyl (C=O) groups excluding carboxylic acids is 1. The molecule has 0 fully saturated rings. The Hall–Kier alpha value is -3.43. The second kappa shape index (κ2) is 6.82. The predicted molar refractivity (Wildman–Crippen MR) is 103 cm³/mol. The van der Waals surface area contributed by atoms with Crippen molar-refractivity contribution in [2.75, 3.05) is 5.32 Å². The van der Waals surface area contributed by atoms with Crippen LogP contribution in [0.3, 0.4) is 0 Å². The van der Waals surface area contributed by atoms with E-state index in [-0.39, 0.29) is 5.91 Å². The fourth-order valence-corrected chi connectivity index (χ4v) is 3.45. The van der Waals surface area contributed by atoms with Gasteiger partial charge in [-0.1, -0.05) is 0 Å². The number of nitriles is 1. The first-order valence-corrected chi connectivity index (χ1v) is 8.73. The summed E-state index contributed by atoms with van der Waals surface area (Å²) in [4.78, 5) is 16.6. The van der Waals surface area contributed by atoms with Gasteiger partial charge in [0.15, 0.2) is 0 Å². The standard InChI is InChI=1S/C20H14N4OS/c21-12-14-1-3-17(4-2-14)23-20(25)16-8-10-24(13-16)26-18-5-6-19-15(11-18)7-9-22-19/h1-11,13,22H,(H,23,25). The van der Waals surface area contributed by atoms with Crippen molar-refractivity contribution < 1.29 is 4.79 Å². The molecule has 0 unspecified atom stereocenters. The smallest absolute Gasteiger partial charge is 0.257 e. The highest BCUT2D eigenvalue weighted by Crippen LogP contribution is 2.25. The molecule has 126 valence electrons. The number of benzene rings is 2. The maximum Gasteiger partial charge on any atom is 0.257 e. The third-order valence-electron chi connectivity index (χ3n) is 3.94. The van der Waals surface area contributed by atoms with Crippen LogP contribution in [0.5, 0.6) is 0 Å². The molecular formula is C20H14N4OS. The fourth-order valence-electron chi connectivity index (χ4n) is 2.61. The highest BCUT2D eigenvalue weighted by molar-refractivity contribution is 7.97. The summed E-state index contributed by atoms with van der Waals surface area (Å²) in [6.07, 6.45) is 5.57. The van der Waals surface area contributed by atoms with E-state index in [2.05, 4.69) is 22.4 Å². The topological polar surface area (TPSA) is 73.6 Å². The summed E-state index contributed by atoms with van der Waals surface area (Å²) >= 11 is 1.54. The molecule has 1 amide bonds. The van der Waals surface area contributed by atoms with Crippen LogP contribution in [0.15, 0.2) is 78.1 Å². The van der Waals surface area contributed by atoms with Crippen LogP contribution in [0.1, 0.15) is 15.9 Å². The van der Waals surface area contributed by atoms with E-state index >= 15 is 0 Å². The average Bonchev–Trinajstić information content (AvgIpc) is 3.31. The highest BCUT2D eigenvalue weighted by Gasteiger charge is 2.09. The number of nitrogens with zero attached hydrogens (tertiary/aromatic N) is 2. The molecular weight excluding hydrogens is 344 g/mol. The molecule has 0 bridgehead atoms. The van der Waals surface area contributed by atoms with Gasteiger partial charge in [0.2, 0.25) is 0 Å². The minimum Gasteiger partial charge on any atom is -0.361 e. The Balaban J connectivity index is 1.46. The van der Waals surface area contributed by atoms with E-state index in [1.807, 2.05) is 34.6 Å². The maximum absolute atomic E-state index is 12.4. The molecule has 0 aliphatic carbocycles. The van der Waals surface area contributed by atoms with E-state index in [1.165, 1.54) is 0 Å². The minimum atomic E-state index is -0.185. The highest BCUT2D eigenvalue weighted by atomic mass is 32.2. The lowest BCUT2D eigenvalue weighted by molar-refractivity contribution is 0.102. The van der Waals surface area contributed by atoms with Crippen LogP contribution in [0.25, 0.3) is 10.9 Å². The Labute approximate surface area is 154 Å². The fraction of sp³-hybridized carbons (Fsp3) is 0. The van der Waals surface area contributed by atoms with Gasteiger partial charge in [-0.15, -0.1) is 0 Å². The molecule has 26 heavy (non-hydrogen) atoms. The Kier molecular flexibility index (Phi) is 4.22. The van der Waals surface area contributed by atoms with Crippen molar-refractivity contribution in [3.63, 3.8) is 0 Å². The lowest BCUT2D eigenvalue weighted by Gasteiger charge is -2.04. The van der Waals surface area contributed by atoms with Gasteiger partial charge in [0.1, 0.15) is 0 Å². The first kappa shape index (κ1) is 16.1.